The van der Waals surface area contributed by atoms with Crippen molar-refractivity contribution in [2.75, 3.05) is 7.11 Å². The van der Waals surface area contributed by atoms with Crippen molar-refractivity contribution in [3.05, 3.63) is 35.4 Å². The van der Waals surface area contributed by atoms with Gasteiger partial charge in [0.15, 0.2) is 5.78 Å². The number of hydrogen-bond donors (Lipinski definition) is 0. The first-order chi connectivity index (χ1) is 7.06. The van der Waals surface area contributed by atoms with Crippen LogP contribution in [-0.4, -0.2) is 22.6 Å². The van der Waals surface area contributed by atoms with Crippen molar-refractivity contribution in [3.8, 4) is 0 Å². The van der Waals surface area contributed by atoms with Crippen molar-refractivity contribution in [1.29, 1.82) is 0 Å². The van der Waals surface area contributed by atoms with Gasteiger partial charge in [0.05, 0.1) is 12.7 Å². The SMILES string of the molecule is COC(=O)c1cccc(C(=O)C(Br)Br)c1. The van der Waals surface area contributed by atoms with Crippen LogP contribution in [-0.2, 0) is 4.74 Å². The van der Waals surface area contributed by atoms with Crippen molar-refractivity contribution in [3.63, 3.8) is 0 Å². The van der Waals surface area contributed by atoms with E-state index in [0.717, 1.165) is 0 Å². The van der Waals surface area contributed by atoms with Gasteiger partial charge in [0.2, 0.25) is 0 Å². The van der Waals surface area contributed by atoms with Crippen LogP contribution in [0.1, 0.15) is 20.7 Å². The number of esters is 1. The van der Waals surface area contributed by atoms with E-state index >= 15 is 0 Å². The maximum atomic E-state index is 11.6. The summed E-state index contributed by atoms with van der Waals surface area (Å²) in [5.41, 5.74) is 0.820. The molecule has 0 aromatic heterocycles. The highest BCUT2D eigenvalue weighted by atomic mass is 79.9. The molecule has 0 aliphatic heterocycles. The molecule has 0 radical (unpaired) electrons. The Balaban J connectivity index is 3.02. The number of carbonyl (C=O) groups is 2. The molecule has 0 fully saturated rings. The maximum absolute atomic E-state index is 11.6. The highest BCUT2D eigenvalue weighted by Crippen LogP contribution is 2.16. The van der Waals surface area contributed by atoms with Gasteiger partial charge in [-0.05, 0) is 12.1 Å². The minimum Gasteiger partial charge on any atom is -0.465 e. The van der Waals surface area contributed by atoms with Gasteiger partial charge < -0.3 is 4.74 Å². The van der Waals surface area contributed by atoms with Gasteiger partial charge in [0.1, 0.15) is 3.74 Å². The zero-order chi connectivity index (χ0) is 11.4. The van der Waals surface area contributed by atoms with Crippen LogP contribution in [0.3, 0.4) is 0 Å². The molecule has 0 bridgehead atoms. The van der Waals surface area contributed by atoms with Crippen LogP contribution in [0.15, 0.2) is 24.3 Å². The average Bonchev–Trinajstić information content (AvgIpc) is 2.27. The molecule has 15 heavy (non-hydrogen) atoms. The summed E-state index contributed by atoms with van der Waals surface area (Å²) in [5, 5.41) is 0. The third kappa shape index (κ3) is 3.14. The number of Topliss-reactive ketones (excluding diaryl/α,β-unsaturated/α-hetero) is 1. The molecule has 0 saturated heterocycles. The van der Waals surface area contributed by atoms with E-state index in [2.05, 4.69) is 36.6 Å². The predicted molar refractivity (Wildman–Crippen MR) is 63.8 cm³/mol. The first kappa shape index (κ1) is 12.4. The molecular formula is C10H8Br2O3. The molecule has 0 aliphatic rings. The van der Waals surface area contributed by atoms with E-state index in [-0.39, 0.29) is 5.78 Å². The zero-order valence-electron chi connectivity index (χ0n) is 7.87. The number of halogens is 2. The second-order valence-corrected chi connectivity index (χ2v) is 5.80. The summed E-state index contributed by atoms with van der Waals surface area (Å²) < 4.78 is 4.11. The molecule has 0 aliphatic carbocycles. The van der Waals surface area contributed by atoms with Crippen molar-refractivity contribution >= 4 is 43.6 Å². The number of rotatable bonds is 3. The Morgan fingerprint density at radius 3 is 2.40 bits per heavy atom. The van der Waals surface area contributed by atoms with Gasteiger partial charge in [-0.2, -0.15) is 0 Å². The van der Waals surface area contributed by atoms with Crippen LogP contribution in [0.4, 0.5) is 0 Å². The lowest BCUT2D eigenvalue weighted by Crippen LogP contribution is -2.09. The highest BCUT2D eigenvalue weighted by molar-refractivity contribution is 9.25. The first-order valence-electron chi connectivity index (χ1n) is 4.07. The highest BCUT2D eigenvalue weighted by Gasteiger charge is 2.15. The van der Waals surface area contributed by atoms with Crippen LogP contribution in [0, 0.1) is 0 Å². The Morgan fingerprint density at radius 1 is 1.27 bits per heavy atom. The fourth-order valence-corrected chi connectivity index (χ4v) is 1.57. The lowest BCUT2D eigenvalue weighted by molar-refractivity contribution is 0.0600. The molecule has 5 heteroatoms. The minimum absolute atomic E-state index is 0.138. The van der Waals surface area contributed by atoms with E-state index in [4.69, 9.17) is 0 Å². The summed E-state index contributed by atoms with van der Waals surface area (Å²) >= 11 is 6.21. The summed E-state index contributed by atoms with van der Waals surface area (Å²) in [4.78, 5) is 22.8. The second-order valence-electron chi connectivity index (χ2n) is 2.74. The van der Waals surface area contributed by atoms with E-state index in [1.54, 1.807) is 18.2 Å². The van der Waals surface area contributed by atoms with Gasteiger partial charge in [0, 0.05) is 5.56 Å². The van der Waals surface area contributed by atoms with Crippen LogP contribution < -0.4 is 0 Å². The number of hydrogen-bond acceptors (Lipinski definition) is 3. The average molecular weight is 336 g/mol. The Bertz CT molecular complexity index is 388. The van der Waals surface area contributed by atoms with Gasteiger partial charge in [-0.3, -0.25) is 4.79 Å². The summed E-state index contributed by atoms with van der Waals surface area (Å²) in [6, 6.07) is 6.38. The van der Waals surface area contributed by atoms with Crippen LogP contribution >= 0.6 is 31.9 Å². The lowest BCUT2D eigenvalue weighted by Gasteiger charge is -2.03. The largest absolute Gasteiger partial charge is 0.465 e. The van der Waals surface area contributed by atoms with Crippen molar-refractivity contribution < 1.29 is 14.3 Å². The van der Waals surface area contributed by atoms with E-state index < -0.39 is 9.71 Å². The lowest BCUT2D eigenvalue weighted by atomic mass is 10.1. The van der Waals surface area contributed by atoms with Gasteiger partial charge in [0.25, 0.3) is 0 Å². The summed E-state index contributed by atoms with van der Waals surface area (Å²) in [5.74, 6) is -0.592. The van der Waals surface area contributed by atoms with E-state index in [9.17, 15) is 9.59 Å². The predicted octanol–water partition coefficient (Wildman–Crippen LogP) is 2.77. The Hall–Kier alpha value is -0.680. The van der Waals surface area contributed by atoms with E-state index in [1.807, 2.05) is 0 Å². The smallest absolute Gasteiger partial charge is 0.337 e. The van der Waals surface area contributed by atoms with Crippen LogP contribution in [0.2, 0.25) is 0 Å². The van der Waals surface area contributed by atoms with Gasteiger partial charge in [-0.1, -0.05) is 44.0 Å². The van der Waals surface area contributed by atoms with Gasteiger partial charge >= 0.3 is 5.97 Å². The number of alkyl halides is 2. The summed E-state index contributed by atoms with van der Waals surface area (Å²) in [7, 11) is 1.30. The van der Waals surface area contributed by atoms with Crippen molar-refractivity contribution in [2.45, 2.75) is 3.74 Å². The third-order valence-corrected chi connectivity index (χ3v) is 2.60. The van der Waals surface area contributed by atoms with Crippen LogP contribution in [0.5, 0.6) is 0 Å². The number of methoxy groups -OCH3 is 1. The number of benzene rings is 1. The van der Waals surface area contributed by atoms with Gasteiger partial charge in [-0.25, -0.2) is 4.79 Å². The quantitative estimate of drug-likeness (QED) is 0.484. The fourth-order valence-electron chi connectivity index (χ4n) is 1.04. The number of ketones is 1. The van der Waals surface area contributed by atoms with E-state index in [0.29, 0.717) is 11.1 Å². The molecule has 0 saturated carbocycles. The summed E-state index contributed by atoms with van der Waals surface area (Å²) in [6.45, 7) is 0. The third-order valence-electron chi connectivity index (χ3n) is 1.77. The molecule has 1 aromatic carbocycles. The molecule has 0 atom stereocenters. The van der Waals surface area contributed by atoms with Gasteiger partial charge in [-0.15, -0.1) is 0 Å². The Morgan fingerprint density at radius 2 is 1.87 bits per heavy atom. The topological polar surface area (TPSA) is 43.4 Å². The molecule has 0 amide bonds. The van der Waals surface area contributed by atoms with E-state index in [1.165, 1.54) is 13.2 Å². The second kappa shape index (κ2) is 5.42. The number of carbonyl (C=O) groups excluding carboxylic acids is 2. The molecule has 0 heterocycles. The summed E-state index contributed by atoms with van der Waals surface area (Å²) in [6.07, 6.45) is 0. The molecule has 1 aromatic rings. The molecule has 0 unspecified atom stereocenters. The van der Waals surface area contributed by atoms with Crippen molar-refractivity contribution in [2.24, 2.45) is 0 Å². The molecule has 80 valence electrons. The molecule has 1 rings (SSSR count). The standard InChI is InChI=1S/C10H8Br2O3/c1-15-10(14)7-4-2-3-6(5-7)8(13)9(11)12/h2-5,9H,1H3. The Kier molecular flexibility index (Phi) is 4.47. The van der Waals surface area contributed by atoms with Crippen molar-refractivity contribution in [1.82, 2.24) is 0 Å². The normalized spacial score (nSPS) is 10.1. The zero-order valence-corrected chi connectivity index (χ0v) is 11.0. The fraction of sp³-hybridized carbons (Fsp3) is 0.200. The van der Waals surface area contributed by atoms with Crippen LogP contribution in [0.25, 0.3) is 0 Å². The molecule has 0 N–H and O–H groups in total. The molecule has 3 nitrogen and oxygen atoms in total. The minimum atomic E-state index is -0.453. The Labute approximate surface area is 104 Å². The first-order valence-corrected chi connectivity index (χ1v) is 5.90. The number of ether oxygens (including phenoxy) is 1. The maximum Gasteiger partial charge on any atom is 0.337 e. The monoisotopic (exact) mass is 334 g/mol. The molecule has 0 spiro atoms. The molecular weight excluding hydrogens is 328 g/mol.